The summed E-state index contributed by atoms with van der Waals surface area (Å²) < 4.78 is 5.18. The average Bonchev–Trinajstić information content (AvgIpc) is 2.18. The van der Waals surface area contributed by atoms with Crippen LogP contribution in [0.1, 0.15) is 26.7 Å². The van der Waals surface area contributed by atoms with Crippen molar-refractivity contribution in [1.82, 2.24) is 4.90 Å². The number of nitrogens with zero attached hydrogens (tertiary/aromatic N) is 1. The monoisotopic (exact) mass is 214 g/mol. The molecule has 0 saturated carbocycles. The summed E-state index contributed by atoms with van der Waals surface area (Å²) in [5.74, 6) is -0.289. The Kier molecular flexibility index (Phi) is 4.08. The van der Waals surface area contributed by atoms with E-state index >= 15 is 0 Å². The van der Waals surface area contributed by atoms with E-state index in [0.717, 1.165) is 0 Å². The van der Waals surface area contributed by atoms with Crippen molar-refractivity contribution in [3.05, 3.63) is 0 Å². The van der Waals surface area contributed by atoms with E-state index in [2.05, 4.69) is 0 Å². The average molecular weight is 214 g/mol. The van der Waals surface area contributed by atoms with Crippen LogP contribution in [-0.2, 0) is 14.3 Å². The van der Waals surface area contributed by atoms with E-state index in [-0.39, 0.29) is 18.0 Å². The van der Waals surface area contributed by atoms with Gasteiger partial charge in [-0.15, -0.1) is 0 Å². The summed E-state index contributed by atoms with van der Waals surface area (Å²) in [4.78, 5) is 24.0. The highest BCUT2D eigenvalue weighted by atomic mass is 16.5. The van der Waals surface area contributed by atoms with Crippen molar-refractivity contribution in [2.24, 2.45) is 5.73 Å². The molecule has 1 unspecified atom stereocenters. The minimum Gasteiger partial charge on any atom is -0.461 e. The Labute approximate surface area is 89.6 Å². The maximum absolute atomic E-state index is 11.2. The van der Waals surface area contributed by atoms with Crippen molar-refractivity contribution >= 4 is 11.9 Å². The Bertz CT molecular complexity index is 245. The lowest BCUT2D eigenvalue weighted by atomic mass is 10.1. The minimum atomic E-state index is -0.573. The molecule has 1 heterocycles. The number of esters is 1. The van der Waals surface area contributed by atoms with E-state index in [9.17, 15) is 9.59 Å². The molecule has 1 atom stereocenters. The zero-order chi connectivity index (χ0) is 11.4. The van der Waals surface area contributed by atoms with E-state index < -0.39 is 6.04 Å². The minimum absolute atomic E-state index is 0.0759. The Balaban J connectivity index is 2.32. The van der Waals surface area contributed by atoms with Gasteiger partial charge in [0.1, 0.15) is 12.1 Å². The lowest BCUT2D eigenvalue weighted by molar-refractivity contribution is -0.153. The summed E-state index contributed by atoms with van der Waals surface area (Å²) in [5, 5.41) is 0. The van der Waals surface area contributed by atoms with Crippen LogP contribution in [0, 0.1) is 0 Å². The number of amides is 1. The Morgan fingerprint density at radius 3 is 2.33 bits per heavy atom. The molecule has 1 saturated heterocycles. The van der Waals surface area contributed by atoms with Gasteiger partial charge in [0.25, 0.3) is 0 Å². The number of likely N-dealkylation sites (tertiary alicyclic amines) is 1. The summed E-state index contributed by atoms with van der Waals surface area (Å²) >= 11 is 0. The topological polar surface area (TPSA) is 72.6 Å². The third-order valence-electron chi connectivity index (χ3n) is 2.54. The normalized spacial score (nSPS) is 19.8. The first kappa shape index (κ1) is 12.0. The van der Waals surface area contributed by atoms with Crippen LogP contribution in [0.4, 0.5) is 0 Å². The number of piperidine rings is 1. The first-order valence-corrected chi connectivity index (χ1v) is 5.22. The molecule has 1 aliphatic heterocycles. The molecule has 1 rings (SSSR count). The van der Waals surface area contributed by atoms with Gasteiger partial charge in [0.05, 0.1) is 0 Å². The first-order chi connectivity index (χ1) is 7.00. The first-order valence-electron chi connectivity index (χ1n) is 5.22. The maximum Gasteiger partial charge on any atom is 0.322 e. The summed E-state index contributed by atoms with van der Waals surface area (Å²) in [6.45, 7) is 4.47. The number of ether oxygens (including phenoxy) is 1. The van der Waals surface area contributed by atoms with Crippen LogP contribution in [0.25, 0.3) is 0 Å². The maximum atomic E-state index is 11.2. The van der Waals surface area contributed by atoms with Gasteiger partial charge in [-0.1, -0.05) is 0 Å². The van der Waals surface area contributed by atoms with Crippen molar-refractivity contribution in [3.8, 4) is 0 Å². The molecule has 15 heavy (non-hydrogen) atoms. The second-order valence-electron chi connectivity index (χ2n) is 3.93. The van der Waals surface area contributed by atoms with Crippen LogP contribution in [0.2, 0.25) is 0 Å². The lowest BCUT2D eigenvalue weighted by Gasteiger charge is -2.31. The third kappa shape index (κ3) is 3.51. The summed E-state index contributed by atoms with van der Waals surface area (Å²) in [5.41, 5.74) is 5.39. The van der Waals surface area contributed by atoms with Crippen molar-refractivity contribution < 1.29 is 14.3 Å². The molecular formula is C10H18N2O3. The largest absolute Gasteiger partial charge is 0.461 e. The van der Waals surface area contributed by atoms with Gasteiger partial charge in [0.15, 0.2) is 0 Å². The fraction of sp³-hybridized carbons (Fsp3) is 0.800. The molecule has 0 radical (unpaired) electrons. The summed E-state index contributed by atoms with van der Waals surface area (Å²) in [6, 6.07) is -0.573. The van der Waals surface area contributed by atoms with Gasteiger partial charge < -0.3 is 15.4 Å². The highest BCUT2D eigenvalue weighted by Gasteiger charge is 2.24. The number of rotatable bonds is 2. The van der Waals surface area contributed by atoms with Crippen LogP contribution in [-0.4, -0.2) is 42.0 Å². The quantitative estimate of drug-likeness (QED) is 0.651. The summed E-state index contributed by atoms with van der Waals surface area (Å²) in [7, 11) is 0. The molecular weight excluding hydrogens is 196 g/mol. The fourth-order valence-corrected chi connectivity index (χ4v) is 1.56. The highest BCUT2D eigenvalue weighted by Crippen LogP contribution is 2.14. The van der Waals surface area contributed by atoms with E-state index in [1.807, 2.05) is 0 Å². The molecule has 1 fully saturated rings. The molecule has 1 aliphatic rings. The van der Waals surface area contributed by atoms with Gasteiger partial charge in [0.2, 0.25) is 5.91 Å². The van der Waals surface area contributed by atoms with Gasteiger partial charge in [-0.3, -0.25) is 9.59 Å². The molecule has 0 bridgehead atoms. The van der Waals surface area contributed by atoms with Gasteiger partial charge in [-0.25, -0.2) is 0 Å². The Morgan fingerprint density at radius 2 is 1.93 bits per heavy atom. The second-order valence-corrected chi connectivity index (χ2v) is 3.93. The van der Waals surface area contributed by atoms with Crippen LogP contribution in [0.3, 0.4) is 0 Å². The molecule has 86 valence electrons. The van der Waals surface area contributed by atoms with Gasteiger partial charge in [-0.05, 0) is 6.92 Å². The molecule has 2 N–H and O–H groups in total. The molecule has 0 aromatic rings. The Morgan fingerprint density at radius 1 is 1.40 bits per heavy atom. The van der Waals surface area contributed by atoms with Crippen molar-refractivity contribution in [2.75, 3.05) is 13.1 Å². The van der Waals surface area contributed by atoms with Gasteiger partial charge in [-0.2, -0.15) is 0 Å². The molecule has 1 amide bonds. The lowest BCUT2D eigenvalue weighted by Crippen LogP contribution is -2.42. The van der Waals surface area contributed by atoms with Gasteiger partial charge in [0, 0.05) is 32.9 Å². The van der Waals surface area contributed by atoms with Crippen LogP contribution < -0.4 is 5.73 Å². The van der Waals surface area contributed by atoms with Crippen LogP contribution in [0.15, 0.2) is 0 Å². The molecule has 0 spiro atoms. The second kappa shape index (κ2) is 5.11. The SMILES string of the molecule is CC(=O)N1CCC(OC(=O)C(C)N)CC1. The number of hydrogen-bond acceptors (Lipinski definition) is 4. The van der Waals surface area contributed by atoms with Crippen molar-refractivity contribution in [1.29, 1.82) is 0 Å². The summed E-state index contributed by atoms with van der Waals surface area (Å²) in [6.07, 6.45) is 1.33. The van der Waals surface area contributed by atoms with E-state index in [1.165, 1.54) is 0 Å². The number of carbonyl (C=O) groups excluding carboxylic acids is 2. The third-order valence-corrected chi connectivity index (χ3v) is 2.54. The number of carbonyl (C=O) groups is 2. The Hall–Kier alpha value is -1.10. The van der Waals surface area contributed by atoms with Crippen molar-refractivity contribution in [3.63, 3.8) is 0 Å². The zero-order valence-corrected chi connectivity index (χ0v) is 9.23. The number of hydrogen-bond donors (Lipinski definition) is 1. The zero-order valence-electron chi connectivity index (χ0n) is 9.23. The number of nitrogens with two attached hydrogens (primary N) is 1. The van der Waals surface area contributed by atoms with E-state index in [0.29, 0.717) is 25.9 Å². The van der Waals surface area contributed by atoms with Crippen LogP contribution in [0.5, 0.6) is 0 Å². The molecule has 0 aromatic heterocycles. The fourth-order valence-electron chi connectivity index (χ4n) is 1.56. The molecule has 0 aromatic carbocycles. The van der Waals surface area contributed by atoms with Crippen LogP contribution >= 0.6 is 0 Å². The van der Waals surface area contributed by atoms with E-state index in [4.69, 9.17) is 10.5 Å². The standard InChI is InChI=1S/C10H18N2O3/c1-7(11)10(14)15-9-3-5-12(6-4-9)8(2)13/h7,9H,3-6,11H2,1-2H3. The molecule has 0 aliphatic carbocycles. The predicted molar refractivity (Wildman–Crippen MR) is 55.0 cm³/mol. The highest BCUT2D eigenvalue weighted by molar-refractivity contribution is 5.75. The predicted octanol–water partition coefficient (Wildman–Crippen LogP) is -0.112. The molecule has 5 heteroatoms. The molecule has 5 nitrogen and oxygen atoms in total. The van der Waals surface area contributed by atoms with Crippen molar-refractivity contribution in [2.45, 2.75) is 38.8 Å². The van der Waals surface area contributed by atoms with E-state index in [1.54, 1.807) is 18.7 Å². The van der Waals surface area contributed by atoms with Gasteiger partial charge >= 0.3 is 5.97 Å². The smallest absolute Gasteiger partial charge is 0.322 e.